The Hall–Kier alpha value is -2.96. The van der Waals surface area contributed by atoms with Gasteiger partial charge in [-0.15, -0.1) is 0 Å². The molecule has 25 heavy (non-hydrogen) atoms. The molecule has 1 aliphatic rings. The Kier molecular flexibility index (Phi) is 3.63. The molecule has 3 heterocycles. The van der Waals surface area contributed by atoms with E-state index < -0.39 is 5.97 Å². The van der Waals surface area contributed by atoms with Gasteiger partial charge in [0.1, 0.15) is 18.1 Å². The highest BCUT2D eigenvalue weighted by molar-refractivity contribution is 5.91. The number of rotatable bonds is 4. The van der Waals surface area contributed by atoms with Crippen molar-refractivity contribution in [3.05, 3.63) is 63.1 Å². The third-order valence-corrected chi connectivity index (χ3v) is 4.46. The highest BCUT2D eigenvalue weighted by Gasteiger charge is 2.29. The van der Waals surface area contributed by atoms with Crippen LogP contribution in [-0.4, -0.2) is 25.6 Å². The summed E-state index contributed by atoms with van der Waals surface area (Å²) < 4.78 is 7.32. The molecule has 3 aromatic heterocycles. The SMILES string of the molecule is Cc1cc(=O)c(COC(=O)c2ccc3cnc(C4CC4)n3c2C)n[nH]1. The van der Waals surface area contributed by atoms with Gasteiger partial charge >= 0.3 is 5.97 Å². The second kappa shape index (κ2) is 5.84. The molecule has 0 spiro atoms. The molecule has 4 rings (SSSR count). The number of aromatic amines is 1. The first-order valence-electron chi connectivity index (χ1n) is 8.24. The molecule has 0 saturated heterocycles. The lowest BCUT2D eigenvalue weighted by molar-refractivity contribution is 0.0464. The van der Waals surface area contributed by atoms with Gasteiger partial charge in [-0.3, -0.25) is 14.3 Å². The molecule has 0 unspecified atom stereocenters. The van der Waals surface area contributed by atoms with Crippen LogP contribution >= 0.6 is 0 Å². The molecule has 1 N–H and O–H groups in total. The topological polar surface area (TPSA) is 89.3 Å². The van der Waals surface area contributed by atoms with E-state index >= 15 is 0 Å². The van der Waals surface area contributed by atoms with E-state index in [1.165, 1.54) is 6.07 Å². The first-order chi connectivity index (χ1) is 12.0. The van der Waals surface area contributed by atoms with Crippen molar-refractivity contribution in [2.75, 3.05) is 0 Å². The van der Waals surface area contributed by atoms with Gasteiger partial charge in [-0.05, 0) is 38.8 Å². The molecular formula is C18H18N4O3. The Bertz CT molecular complexity index is 1030. The summed E-state index contributed by atoms with van der Waals surface area (Å²) in [4.78, 5) is 28.8. The first-order valence-corrected chi connectivity index (χ1v) is 8.24. The van der Waals surface area contributed by atoms with E-state index in [9.17, 15) is 9.59 Å². The molecule has 1 aliphatic carbocycles. The highest BCUT2D eigenvalue weighted by atomic mass is 16.5. The van der Waals surface area contributed by atoms with E-state index in [0.717, 1.165) is 29.9 Å². The Labute approximate surface area is 143 Å². The second-order valence-corrected chi connectivity index (χ2v) is 6.42. The number of ether oxygens (including phenoxy) is 1. The summed E-state index contributed by atoms with van der Waals surface area (Å²) >= 11 is 0. The van der Waals surface area contributed by atoms with Crippen molar-refractivity contribution in [1.29, 1.82) is 0 Å². The maximum absolute atomic E-state index is 12.5. The van der Waals surface area contributed by atoms with E-state index in [2.05, 4.69) is 15.2 Å². The zero-order valence-corrected chi connectivity index (χ0v) is 14.1. The zero-order chi connectivity index (χ0) is 17.6. The quantitative estimate of drug-likeness (QED) is 0.737. The van der Waals surface area contributed by atoms with Gasteiger partial charge in [-0.1, -0.05) is 0 Å². The second-order valence-electron chi connectivity index (χ2n) is 6.42. The summed E-state index contributed by atoms with van der Waals surface area (Å²) in [5.41, 5.74) is 2.83. The highest BCUT2D eigenvalue weighted by Crippen LogP contribution is 2.39. The fourth-order valence-corrected chi connectivity index (χ4v) is 2.96. The van der Waals surface area contributed by atoms with Crippen LogP contribution in [0.5, 0.6) is 0 Å². The van der Waals surface area contributed by atoms with Gasteiger partial charge in [0.2, 0.25) is 5.43 Å². The molecule has 0 aliphatic heterocycles. The lowest BCUT2D eigenvalue weighted by atomic mass is 10.2. The fraction of sp³-hybridized carbons (Fsp3) is 0.333. The van der Waals surface area contributed by atoms with E-state index in [1.54, 1.807) is 13.0 Å². The molecule has 3 aromatic rings. The van der Waals surface area contributed by atoms with Crippen LogP contribution < -0.4 is 5.43 Å². The maximum atomic E-state index is 12.5. The molecule has 0 amide bonds. The van der Waals surface area contributed by atoms with Gasteiger partial charge in [0.05, 0.1) is 17.3 Å². The largest absolute Gasteiger partial charge is 0.455 e. The summed E-state index contributed by atoms with van der Waals surface area (Å²) in [7, 11) is 0. The number of imidazole rings is 1. The van der Waals surface area contributed by atoms with Gasteiger partial charge in [-0.2, -0.15) is 5.10 Å². The minimum atomic E-state index is -0.475. The smallest absolute Gasteiger partial charge is 0.340 e. The van der Waals surface area contributed by atoms with E-state index in [4.69, 9.17) is 4.74 Å². The number of aryl methyl sites for hydroxylation is 2. The molecule has 0 radical (unpaired) electrons. The third-order valence-electron chi connectivity index (χ3n) is 4.46. The minimum Gasteiger partial charge on any atom is -0.455 e. The van der Waals surface area contributed by atoms with Gasteiger partial charge in [0.15, 0.2) is 0 Å². The van der Waals surface area contributed by atoms with Crippen LogP contribution in [0.4, 0.5) is 0 Å². The zero-order valence-electron chi connectivity index (χ0n) is 14.1. The van der Waals surface area contributed by atoms with Gasteiger partial charge < -0.3 is 4.74 Å². The monoisotopic (exact) mass is 338 g/mol. The lowest BCUT2D eigenvalue weighted by Gasteiger charge is -2.10. The Morgan fingerprint density at radius 2 is 2.16 bits per heavy atom. The summed E-state index contributed by atoms with van der Waals surface area (Å²) in [5.74, 6) is 0.998. The van der Waals surface area contributed by atoms with Crippen LogP contribution in [0, 0.1) is 13.8 Å². The molecule has 0 aromatic carbocycles. The van der Waals surface area contributed by atoms with Crippen molar-refractivity contribution in [2.45, 2.75) is 39.2 Å². The van der Waals surface area contributed by atoms with Crippen molar-refractivity contribution in [1.82, 2.24) is 19.6 Å². The number of H-pyrrole nitrogens is 1. The standard InChI is InChI=1S/C18H18N4O3/c1-10-7-16(23)15(21-20-10)9-25-18(24)14-6-5-13-8-19-17(12-3-4-12)22(13)11(14)2/h5-8,12H,3-4,9H2,1-2H3,(H,20,23). The van der Waals surface area contributed by atoms with Crippen molar-refractivity contribution in [3.8, 4) is 0 Å². The van der Waals surface area contributed by atoms with Crippen LogP contribution in [-0.2, 0) is 11.3 Å². The number of aromatic nitrogens is 4. The minimum absolute atomic E-state index is 0.161. The fourth-order valence-electron chi connectivity index (χ4n) is 2.96. The molecule has 1 fully saturated rings. The average Bonchev–Trinajstić information content (AvgIpc) is 3.33. The molecule has 0 bridgehead atoms. The number of nitrogens with zero attached hydrogens (tertiary/aromatic N) is 3. The summed E-state index contributed by atoms with van der Waals surface area (Å²) in [6.45, 7) is 3.46. The number of hydrogen-bond acceptors (Lipinski definition) is 5. The number of pyridine rings is 1. The van der Waals surface area contributed by atoms with Gasteiger partial charge in [-0.25, -0.2) is 9.78 Å². The van der Waals surface area contributed by atoms with Crippen molar-refractivity contribution in [3.63, 3.8) is 0 Å². The number of fused-ring (bicyclic) bond motifs is 1. The summed E-state index contributed by atoms with van der Waals surface area (Å²) in [6, 6.07) is 5.03. The first kappa shape index (κ1) is 15.6. The maximum Gasteiger partial charge on any atom is 0.340 e. The van der Waals surface area contributed by atoms with Crippen LogP contribution in [0.25, 0.3) is 5.52 Å². The normalized spacial score (nSPS) is 14.0. The van der Waals surface area contributed by atoms with E-state index in [1.807, 2.05) is 23.6 Å². The van der Waals surface area contributed by atoms with E-state index in [-0.39, 0.29) is 17.7 Å². The molecule has 1 saturated carbocycles. The van der Waals surface area contributed by atoms with Crippen molar-refractivity contribution < 1.29 is 9.53 Å². The van der Waals surface area contributed by atoms with Crippen LogP contribution in [0.3, 0.4) is 0 Å². The van der Waals surface area contributed by atoms with Gasteiger partial charge in [0, 0.05) is 23.4 Å². The molecule has 0 atom stereocenters. The summed E-state index contributed by atoms with van der Waals surface area (Å²) in [6.07, 6.45) is 4.09. The predicted molar refractivity (Wildman–Crippen MR) is 90.6 cm³/mol. The van der Waals surface area contributed by atoms with Crippen molar-refractivity contribution in [2.24, 2.45) is 0 Å². The lowest BCUT2D eigenvalue weighted by Crippen LogP contribution is -2.17. The molecule has 7 nitrogen and oxygen atoms in total. The number of hydrogen-bond donors (Lipinski definition) is 1. The average molecular weight is 338 g/mol. The number of esters is 1. The van der Waals surface area contributed by atoms with Crippen LogP contribution in [0.1, 0.15) is 52.0 Å². The summed E-state index contributed by atoms with van der Waals surface area (Å²) in [5, 5.41) is 6.63. The number of carbonyl (C=O) groups excluding carboxylic acids is 1. The Balaban J connectivity index is 1.60. The number of carbonyl (C=O) groups is 1. The molecule has 128 valence electrons. The third kappa shape index (κ3) is 2.82. The van der Waals surface area contributed by atoms with Gasteiger partial charge in [0.25, 0.3) is 0 Å². The van der Waals surface area contributed by atoms with Crippen molar-refractivity contribution >= 4 is 11.5 Å². The molecule has 7 heteroatoms. The van der Waals surface area contributed by atoms with Crippen LogP contribution in [0.15, 0.2) is 29.2 Å². The Morgan fingerprint density at radius 3 is 2.88 bits per heavy atom. The molecular weight excluding hydrogens is 320 g/mol. The van der Waals surface area contributed by atoms with Crippen LogP contribution in [0.2, 0.25) is 0 Å². The van der Waals surface area contributed by atoms with E-state index in [0.29, 0.717) is 17.2 Å². The Morgan fingerprint density at radius 1 is 1.36 bits per heavy atom. The predicted octanol–water partition coefficient (Wildman–Crippen LogP) is 2.27. The number of nitrogens with one attached hydrogen (secondary N) is 1.